The zero-order chi connectivity index (χ0) is 33.3. The van der Waals surface area contributed by atoms with E-state index in [4.69, 9.17) is 4.74 Å². The highest BCUT2D eigenvalue weighted by Crippen LogP contribution is 2.29. The minimum absolute atomic E-state index is 0.00661. The van der Waals surface area contributed by atoms with E-state index in [-0.39, 0.29) is 35.2 Å². The number of benzene rings is 3. The van der Waals surface area contributed by atoms with Gasteiger partial charge in [-0.3, -0.25) is 14.1 Å². The van der Waals surface area contributed by atoms with E-state index in [2.05, 4.69) is 10.6 Å². The highest BCUT2D eigenvalue weighted by atomic mass is 32.2. The number of nitrogens with zero attached hydrogens (tertiary/aromatic N) is 2. The zero-order valence-electron chi connectivity index (χ0n) is 25.3. The molecule has 0 fully saturated rings. The van der Waals surface area contributed by atoms with E-state index < -0.39 is 58.0 Å². The Morgan fingerprint density at radius 3 is 2.24 bits per heavy atom. The number of nitrogens with one attached hydrogen (secondary N) is 2. The molecule has 11 nitrogen and oxygen atoms in total. The number of carbonyl (C=O) groups is 3. The first kappa shape index (κ1) is 34.9. The molecule has 4 amide bonds. The second-order valence-electron chi connectivity index (χ2n) is 10.7. The molecular formula is C31H36F2N4O7S. The van der Waals surface area contributed by atoms with Crippen molar-refractivity contribution in [1.29, 1.82) is 0 Å². The van der Waals surface area contributed by atoms with Gasteiger partial charge in [0.05, 0.1) is 12.2 Å². The van der Waals surface area contributed by atoms with Gasteiger partial charge in [-0.05, 0) is 61.2 Å². The van der Waals surface area contributed by atoms with Crippen molar-refractivity contribution in [3.8, 4) is 5.75 Å². The van der Waals surface area contributed by atoms with E-state index in [1.165, 1.54) is 43.1 Å². The third kappa shape index (κ3) is 10.3. The van der Waals surface area contributed by atoms with Crippen molar-refractivity contribution >= 4 is 45.0 Å². The Morgan fingerprint density at radius 1 is 0.933 bits per heavy atom. The maximum atomic E-state index is 13.6. The molecule has 0 aliphatic carbocycles. The van der Waals surface area contributed by atoms with Gasteiger partial charge >= 0.3 is 6.03 Å². The molecule has 0 aliphatic heterocycles. The van der Waals surface area contributed by atoms with Crippen LogP contribution in [0.4, 0.5) is 30.6 Å². The molecule has 0 saturated heterocycles. The van der Waals surface area contributed by atoms with E-state index in [9.17, 15) is 36.1 Å². The van der Waals surface area contributed by atoms with Gasteiger partial charge in [0, 0.05) is 31.0 Å². The van der Waals surface area contributed by atoms with Crippen LogP contribution >= 0.6 is 0 Å². The number of hydrogen-bond acceptors (Lipinski definition) is 6. The lowest BCUT2D eigenvalue weighted by molar-refractivity contribution is -0.120. The topological polar surface area (TPSA) is 145 Å². The maximum Gasteiger partial charge on any atom is 0.319 e. The fourth-order valence-electron chi connectivity index (χ4n) is 4.15. The van der Waals surface area contributed by atoms with Crippen LogP contribution in [0.25, 0.3) is 0 Å². The van der Waals surface area contributed by atoms with Crippen molar-refractivity contribution in [2.75, 3.05) is 41.9 Å². The van der Waals surface area contributed by atoms with Crippen LogP contribution in [-0.4, -0.2) is 57.6 Å². The summed E-state index contributed by atoms with van der Waals surface area (Å²) in [5.74, 6) is -2.31. The molecule has 45 heavy (non-hydrogen) atoms. The number of ether oxygens (including phenoxy) is 1. The van der Waals surface area contributed by atoms with Crippen molar-refractivity contribution in [3.05, 3.63) is 83.9 Å². The Bertz CT molecular complexity index is 1620. The third-order valence-electron chi connectivity index (χ3n) is 6.81. The predicted octanol–water partition coefficient (Wildman–Crippen LogP) is 5.16. The Morgan fingerprint density at radius 2 is 1.60 bits per heavy atom. The van der Waals surface area contributed by atoms with Crippen LogP contribution in [0.2, 0.25) is 0 Å². The monoisotopic (exact) mass is 646 g/mol. The van der Waals surface area contributed by atoms with Crippen LogP contribution in [0, 0.1) is 17.6 Å². The minimum atomic E-state index is -4.34. The standard InChI is InChI=1S/C31H36F2N4O7S/c1-20(2)12-13-37(29(38)18-34-31(40)35-25-9-7-8-22(14-25)21(3)45(41,42)43)27-10-5-6-11-28(27)44-19-30(39)36(4)26-16-23(32)15-24(33)17-26/h5-11,14-17,20-21H,12-13,18-19H2,1-4H3,(H2,34,35,40)(H,41,42,43). The van der Waals surface area contributed by atoms with Crippen molar-refractivity contribution < 1.29 is 40.9 Å². The fraction of sp³-hybridized carbons (Fsp3) is 0.323. The van der Waals surface area contributed by atoms with Gasteiger partial charge in [0.1, 0.15) is 22.6 Å². The number of anilines is 3. The van der Waals surface area contributed by atoms with Gasteiger partial charge < -0.3 is 25.2 Å². The van der Waals surface area contributed by atoms with E-state index in [0.29, 0.717) is 18.2 Å². The molecule has 0 radical (unpaired) electrons. The summed E-state index contributed by atoms with van der Waals surface area (Å²) in [5, 5.41) is 3.82. The lowest BCUT2D eigenvalue weighted by Gasteiger charge is -2.26. The van der Waals surface area contributed by atoms with Crippen molar-refractivity contribution in [2.24, 2.45) is 5.92 Å². The van der Waals surface area contributed by atoms with Gasteiger partial charge in [0.15, 0.2) is 6.61 Å². The molecule has 0 aliphatic rings. The number of hydrogen-bond donors (Lipinski definition) is 3. The molecule has 14 heteroatoms. The van der Waals surface area contributed by atoms with Gasteiger partial charge in [0.25, 0.3) is 16.0 Å². The van der Waals surface area contributed by atoms with E-state index >= 15 is 0 Å². The van der Waals surface area contributed by atoms with Crippen LogP contribution in [0.5, 0.6) is 5.75 Å². The van der Waals surface area contributed by atoms with Crippen LogP contribution < -0.4 is 25.2 Å². The van der Waals surface area contributed by atoms with Crippen LogP contribution in [0.15, 0.2) is 66.7 Å². The second kappa shape index (κ2) is 15.4. The molecule has 0 aromatic heterocycles. The van der Waals surface area contributed by atoms with Crippen LogP contribution in [-0.2, 0) is 19.7 Å². The summed E-state index contributed by atoms with van der Waals surface area (Å²) in [6.45, 7) is 4.64. The van der Waals surface area contributed by atoms with E-state index in [1.807, 2.05) is 13.8 Å². The fourth-order valence-corrected chi connectivity index (χ4v) is 4.64. The van der Waals surface area contributed by atoms with Crippen LogP contribution in [0.1, 0.15) is 38.0 Å². The Balaban J connectivity index is 1.71. The molecule has 3 N–H and O–H groups in total. The van der Waals surface area contributed by atoms with E-state index in [0.717, 1.165) is 17.0 Å². The van der Waals surface area contributed by atoms with Crippen molar-refractivity contribution in [3.63, 3.8) is 0 Å². The average molecular weight is 647 g/mol. The molecule has 242 valence electrons. The van der Waals surface area contributed by atoms with Gasteiger partial charge in [0.2, 0.25) is 5.91 Å². The Kier molecular flexibility index (Phi) is 12.0. The molecule has 3 rings (SSSR count). The molecule has 1 atom stereocenters. The van der Waals surface area contributed by atoms with Gasteiger partial charge in [-0.25, -0.2) is 13.6 Å². The van der Waals surface area contributed by atoms with E-state index in [1.54, 1.807) is 24.3 Å². The second-order valence-corrected chi connectivity index (χ2v) is 12.4. The Hall–Kier alpha value is -4.56. The van der Waals surface area contributed by atoms with Gasteiger partial charge in [-0.15, -0.1) is 0 Å². The number of rotatable bonds is 13. The number of para-hydroxylation sites is 2. The third-order valence-corrected chi connectivity index (χ3v) is 7.97. The summed E-state index contributed by atoms with van der Waals surface area (Å²) >= 11 is 0. The smallest absolute Gasteiger partial charge is 0.319 e. The number of carbonyl (C=O) groups excluding carboxylic acids is 3. The number of urea groups is 1. The molecule has 0 heterocycles. The van der Waals surface area contributed by atoms with Gasteiger partial charge in [-0.2, -0.15) is 8.42 Å². The number of likely N-dealkylation sites (N-methyl/N-ethyl adjacent to an activating group) is 1. The summed E-state index contributed by atoms with van der Waals surface area (Å²) in [4.78, 5) is 41.3. The van der Waals surface area contributed by atoms with Gasteiger partial charge in [-0.1, -0.05) is 38.1 Å². The molecule has 3 aromatic carbocycles. The molecular weight excluding hydrogens is 610 g/mol. The summed E-state index contributed by atoms with van der Waals surface area (Å²) < 4.78 is 65.4. The van der Waals surface area contributed by atoms with Crippen molar-refractivity contribution in [1.82, 2.24) is 5.32 Å². The Labute approximate surface area is 260 Å². The number of halogens is 2. The quantitative estimate of drug-likeness (QED) is 0.218. The van der Waals surface area contributed by atoms with Crippen molar-refractivity contribution in [2.45, 2.75) is 32.4 Å². The molecule has 1 unspecified atom stereocenters. The first-order chi connectivity index (χ1) is 21.1. The highest BCUT2D eigenvalue weighted by molar-refractivity contribution is 7.86. The summed E-state index contributed by atoms with van der Waals surface area (Å²) in [6, 6.07) is 14.5. The summed E-state index contributed by atoms with van der Waals surface area (Å²) in [7, 11) is -2.99. The number of amides is 4. The summed E-state index contributed by atoms with van der Waals surface area (Å²) in [6.07, 6.45) is 0.609. The molecule has 3 aromatic rings. The summed E-state index contributed by atoms with van der Waals surface area (Å²) in [5.41, 5.74) is 0.867. The van der Waals surface area contributed by atoms with Crippen LogP contribution in [0.3, 0.4) is 0 Å². The first-order valence-corrected chi connectivity index (χ1v) is 15.5. The first-order valence-electron chi connectivity index (χ1n) is 14.0. The predicted molar refractivity (Wildman–Crippen MR) is 167 cm³/mol. The molecule has 0 bridgehead atoms. The minimum Gasteiger partial charge on any atom is -0.482 e. The normalized spacial score (nSPS) is 11.9. The largest absolute Gasteiger partial charge is 0.482 e. The molecule has 0 saturated carbocycles. The average Bonchev–Trinajstić information content (AvgIpc) is 2.97. The molecule has 0 spiro atoms. The highest BCUT2D eigenvalue weighted by Gasteiger charge is 2.23. The maximum absolute atomic E-state index is 13.6. The zero-order valence-corrected chi connectivity index (χ0v) is 26.1. The lowest BCUT2D eigenvalue weighted by atomic mass is 10.1. The lowest BCUT2D eigenvalue weighted by Crippen LogP contribution is -2.42. The SMILES string of the molecule is CC(C)CCN(C(=O)CNC(=O)Nc1cccc(C(C)S(=O)(=O)O)c1)c1ccccc1OCC(=O)N(C)c1cc(F)cc(F)c1.